The number of nitriles is 1. The van der Waals surface area contributed by atoms with Gasteiger partial charge in [-0.15, -0.1) is 11.8 Å². The van der Waals surface area contributed by atoms with Crippen LogP contribution in [0.1, 0.15) is 12.5 Å². The van der Waals surface area contributed by atoms with Crippen LogP contribution in [0.15, 0.2) is 47.1 Å². The molecule has 1 N–H and O–H groups in total. The number of thioether (sulfide) groups is 1. The van der Waals surface area contributed by atoms with E-state index in [0.29, 0.717) is 24.8 Å². The predicted molar refractivity (Wildman–Crippen MR) is 102 cm³/mol. The van der Waals surface area contributed by atoms with Gasteiger partial charge in [0.05, 0.1) is 17.2 Å². The summed E-state index contributed by atoms with van der Waals surface area (Å²) in [5, 5.41) is 14.0. The normalized spacial score (nSPS) is 11.6. The molecule has 0 aliphatic carbocycles. The van der Waals surface area contributed by atoms with Crippen molar-refractivity contribution in [1.82, 2.24) is 10.3 Å². The fourth-order valence-electron chi connectivity index (χ4n) is 2.28. The van der Waals surface area contributed by atoms with E-state index < -0.39 is 5.97 Å². The molecule has 2 rings (SSSR count). The first-order valence-corrected chi connectivity index (χ1v) is 9.42. The van der Waals surface area contributed by atoms with Crippen molar-refractivity contribution in [2.45, 2.75) is 13.5 Å². The molecule has 0 aliphatic heterocycles. The highest BCUT2D eigenvalue weighted by Gasteiger charge is 2.16. The molecule has 6 nitrogen and oxygen atoms in total. The Kier molecular flexibility index (Phi) is 7.93. The van der Waals surface area contributed by atoms with Gasteiger partial charge >= 0.3 is 5.97 Å². The number of benzene rings is 1. The molecule has 0 radical (unpaired) electrons. The van der Waals surface area contributed by atoms with Crippen molar-refractivity contribution in [2.24, 2.45) is 0 Å². The molecule has 2 aromatic rings. The summed E-state index contributed by atoms with van der Waals surface area (Å²) < 4.78 is 10.2. The van der Waals surface area contributed by atoms with Crippen LogP contribution in [0.4, 0.5) is 0 Å². The van der Waals surface area contributed by atoms with Crippen LogP contribution < -0.4 is 5.32 Å². The van der Waals surface area contributed by atoms with Gasteiger partial charge in [-0.3, -0.25) is 4.98 Å². The van der Waals surface area contributed by atoms with E-state index in [1.165, 1.54) is 11.8 Å². The zero-order valence-corrected chi connectivity index (χ0v) is 15.6. The zero-order valence-electron chi connectivity index (χ0n) is 14.8. The fourth-order valence-corrected chi connectivity index (χ4v) is 2.83. The number of aromatic nitrogens is 1. The lowest BCUT2D eigenvalue weighted by Crippen LogP contribution is -2.18. The van der Waals surface area contributed by atoms with E-state index in [1.807, 2.05) is 43.3 Å². The molecule has 0 amide bonds. The Bertz CT molecular complexity index is 830. The minimum absolute atomic E-state index is 0.0311. The van der Waals surface area contributed by atoms with E-state index in [-0.39, 0.29) is 12.2 Å². The number of nitrogens with one attached hydrogen (secondary N) is 1. The third-order valence-corrected chi connectivity index (χ3v) is 4.29. The van der Waals surface area contributed by atoms with Crippen LogP contribution >= 0.6 is 11.8 Å². The number of carbonyl (C=O) groups excluding carboxylic acids is 1. The molecule has 0 aliphatic rings. The van der Waals surface area contributed by atoms with E-state index >= 15 is 0 Å². The lowest BCUT2D eigenvalue weighted by Gasteiger charge is -2.12. The Balaban J connectivity index is 2.05. The Morgan fingerprint density at radius 3 is 2.92 bits per heavy atom. The second kappa shape index (κ2) is 10.4. The van der Waals surface area contributed by atoms with Gasteiger partial charge in [-0.1, -0.05) is 12.1 Å². The number of fused-ring (bicyclic) bond motifs is 1. The highest BCUT2D eigenvalue weighted by molar-refractivity contribution is 8.02. The van der Waals surface area contributed by atoms with E-state index in [2.05, 4.69) is 10.3 Å². The number of esters is 1. The van der Waals surface area contributed by atoms with Crippen molar-refractivity contribution in [3.05, 3.63) is 52.7 Å². The summed E-state index contributed by atoms with van der Waals surface area (Å²) in [6.07, 6.45) is 3.56. The van der Waals surface area contributed by atoms with Crippen LogP contribution in [0.25, 0.3) is 10.9 Å². The fraction of sp³-hybridized carbons (Fsp3) is 0.316. The average molecular weight is 371 g/mol. The van der Waals surface area contributed by atoms with Crippen molar-refractivity contribution in [3.8, 4) is 6.07 Å². The van der Waals surface area contributed by atoms with Gasteiger partial charge in [0, 0.05) is 24.7 Å². The maximum absolute atomic E-state index is 12.1. The standard InChI is InChI=1S/C19H21N3O3S/c1-3-24-9-10-25-19(23)16(12-20)18(26-2)22-13-14-6-7-17-15(11-14)5-4-8-21-17/h4-8,11,22H,3,9-10,13H2,1-2H3/b18-16-. The van der Waals surface area contributed by atoms with Crippen LogP contribution in [0.5, 0.6) is 0 Å². The largest absolute Gasteiger partial charge is 0.459 e. The summed E-state index contributed by atoms with van der Waals surface area (Å²) in [7, 11) is 0. The molecule has 0 saturated heterocycles. The van der Waals surface area contributed by atoms with Crippen molar-refractivity contribution in [1.29, 1.82) is 5.26 Å². The van der Waals surface area contributed by atoms with Gasteiger partial charge in [0.2, 0.25) is 0 Å². The van der Waals surface area contributed by atoms with Crippen LogP contribution in [0.2, 0.25) is 0 Å². The molecule has 26 heavy (non-hydrogen) atoms. The van der Waals surface area contributed by atoms with Gasteiger partial charge in [-0.25, -0.2) is 4.79 Å². The van der Waals surface area contributed by atoms with Crippen molar-refractivity contribution >= 4 is 28.6 Å². The summed E-state index contributed by atoms with van der Waals surface area (Å²) in [6.45, 7) is 3.34. The molecular formula is C19H21N3O3S. The van der Waals surface area contributed by atoms with E-state index in [4.69, 9.17) is 9.47 Å². The highest BCUT2D eigenvalue weighted by atomic mass is 32.2. The number of pyridine rings is 1. The minimum Gasteiger partial charge on any atom is -0.459 e. The molecule has 136 valence electrons. The first-order chi connectivity index (χ1) is 12.7. The molecule has 0 atom stereocenters. The van der Waals surface area contributed by atoms with Gasteiger partial charge in [-0.2, -0.15) is 5.26 Å². The molecule has 0 unspecified atom stereocenters. The van der Waals surface area contributed by atoms with Gasteiger partial charge in [-0.05, 0) is 36.9 Å². The third kappa shape index (κ3) is 5.48. The second-order valence-corrected chi connectivity index (χ2v) is 6.05. The summed E-state index contributed by atoms with van der Waals surface area (Å²) >= 11 is 1.30. The van der Waals surface area contributed by atoms with Crippen molar-refractivity contribution in [2.75, 3.05) is 26.1 Å². The Morgan fingerprint density at radius 2 is 2.19 bits per heavy atom. The average Bonchev–Trinajstić information content (AvgIpc) is 2.68. The SMILES string of the molecule is CCOCCOC(=O)/C(C#N)=C(/NCc1ccc2ncccc2c1)SC. The quantitative estimate of drug-likeness (QED) is 0.314. The van der Waals surface area contributed by atoms with E-state index in [0.717, 1.165) is 16.5 Å². The molecule has 0 fully saturated rings. The first-order valence-electron chi connectivity index (χ1n) is 8.20. The van der Waals surface area contributed by atoms with Crippen LogP contribution in [-0.2, 0) is 20.8 Å². The third-order valence-electron chi connectivity index (χ3n) is 3.53. The van der Waals surface area contributed by atoms with E-state index in [1.54, 1.807) is 12.5 Å². The number of nitrogens with zero attached hydrogens (tertiary/aromatic N) is 2. The molecular weight excluding hydrogens is 350 g/mol. The lowest BCUT2D eigenvalue weighted by atomic mass is 10.1. The van der Waals surface area contributed by atoms with E-state index in [9.17, 15) is 10.1 Å². The molecule has 0 bridgehead atoms. The number of rotatable bonds is 9. The van der Waals surface area contributed by atoms with Gasteiger partial charge in [0.1, 0.15) is 12.7 Å². The molecule has 1 aromatic carbocycles. The molecule has 0 saturated carbocycles. The predicted octanol–water partition coefficient (Wildman–Crippen LogP) is 3.00. The number of hydrogen-bond donors (Lipinski definition) is 1. The number of hydrogen-bond acceptors (Lipinski definition) is 7. The monoisotopic (exact) mass is 371 g/mol. The second-order valence-electron chi connectivity index (χ2n) is 5.24. The lowest BCUT2D eigenvalue weighted by molar-refractivity contribution is -0.140. The maximum atomic E-state index is 12.1. The molecule has 7 heteroatoms. The summed E-state index contributed by atoms with van der Waals surface area (Å²) in [5.41, 5.74) is 1.92. The maximum Gasteiger partial charge on any atom is 0.351 e. The van der Waals surface area contributed by atoms with Crippen LogP contribution in [-0.4, -0.2) is 37.0 Å². The molecule has 1 heterocycles. The van der Waals surface area contributed by atoms with Crippen molar-refractivity contribution in [3.63, 3.8) is 0 Å². The summed E-state index contributed by atoms with van der Waals surface area (Å²) in [4.78, 5) is 16.4. The highest BCUT2D eigenvalue weighted by Crippen LogP contribution is 2.18. The Morgan fingerprint density at radius 1 is 1.35 bits per heavy atom. The molecule has 0 spiro atoms. The molecule has 1 aromatic heterocycles. The number of carbonyl (C=O) groups is 1. The Labute approximate surface area is 157 Å². The van der Waals surface area contributed by atoms with Gasteiger partial charge in [0.15, 0.2) is 5.57 Å². The first kappa shape index (κ1) is 19.8. The summed E-state index contributed by atoms with van der Waals surface area (Å²) in [6, 6.07) is 11.8. The topological polar surface area (TPSA) is 84.2 Å². The number of ether oxygens (including phenoxy) is 2. The zero-order chi connectivity index (χ0) is 18.8. The minimum atomic E-state index is -0.647. The smallest absolute Gasteiger partial charge is 0.351 e. The van der Waals surface area contributed by atoms with Gasteiger partial charge < -0.3 is 14.8 Å². The summed E-state index contributed by atoms with van der Waals surface area (Å²) in [5.74, 6) is -0.647. The Hall–Kier alpha value is -2.56. The van der Waals surface area contributed by atoms with Crippen LogP contribution in [0, 0.1) is 11.3 Å². The van der Waals surface area contributed by atoms with Crippen LogP contribution in [0.3, 0.4) is 0 Å². The van der Waals surface area contributed by atoms with Crippen molar-refractivity contribution < 1.29 is 14.3 Å². The van der Waals surface area contributed by atoms with Gasteiger partial charge in [0.25, 0.3) is 0 Å².